The number of hydrogen-bond acceptors (Lipinski definition) is 2. The fourth-order valence-corrected chi connectivity index (χ4v) is 2.27. The van der Waals surface area contributed by atoms with Crippen LogP contribution in [0.5, 0.6) is 0 Å². The van der Waals surface area contributed by atoms with Crippen molar-refractivity contribution in [1.82, 2.24) is 4.98 Å². The van der Waals surface area contributed by atoms with Crippen LogP contribution in [0.25, 0.3) is 22.0 Å². The molecule has 0 aliphatic carbocycles. The highest BCUT2D eigenvalue weighted by Crippen LogP contribution is 2.29. The molecule has 3 heteroatoms. The van der Waals surface area contributed by atoms with E-state index >= 15 is 0 Å². The molecule has 0 N–H and O–H groups in total. The molecule has 20 heavy (non-hydrogen) atoms. The number of fused-ring (bicyclic) bond motifs is 1. The normalized spacial score (nSPS) is 10.7. The third-order valence-electron chi connectivity index (χ3n) is 3.30. The number of ketones is 1. The van der Waals surface area contributed by atoms with Gasteiger partial charge in [-0.05, 0) is 31.2 Å². The third kappa shape index (κ3) is 2.07. The maximum absolute atomic E-state index is 14.1. The summed E-state index contributed by atoms with van der Waals surface area (Å²) in [6.07, 6.45) is 1.68. The first kappa shape index (κ1) is 12.5. The molecule has 0 saturated heterocycles. The molecule has 0 amide bonds. The number of carbonyl (C=O) groups excluding carboxylic acids is 1. The Kier molecular flexibility index (Phi) is 3.03. The lowest BCUT2D eigenvalue weighted by molar-refractivity contribution is 0.101. The Labute approximate surface area is 115 Å². The molecule has 3 rings (SSSR count). The summed E-state index contributed by atoms with van der Waals surface area (Å²) in [6, 6.07) is 13.8. The van der Waals surface area contributed by atoms with Gasteiger partial charge in [0.15, 0.2) is 5.78 Å². The van der Waals surface area contributed by atoms with Gasteiger partial charge in [-0.15, -0.1) is 0 Å². The molecule has 2 nitrogen and oxygen atoms in total. The Hall–Kier alpha value is -2.55. The van der Waals surface area contributed by atoms with E-state index in [2.05, 4.69) is 4.98 Å². The lowest BCUT2D eigenvalue weighted by Crippen LogP contribution is -1.95. The molecule has 2 aromatic carbocycles. The van der Waals surface area contributed by atoms with E-state index < -0.39 is 0 Å². The van der Waals surface area contributed by atoms with E-state index in [1.54, 1.807) is 12.3 Å². The summed E-state index contributed by atoms with van der Waals surface area (Å²) in [4.78, 5) is 15.8. The average Bonchev–Trinajstić information content (AvgIpc) is 2.47. The SMILES string of the molecule is CC(=O)c1ccc(F)c(-c2cccc3cccnc23)c1. The molecule has 3 aromatic rings. The molecule has 0 saturated carbocycles. The van der Waals surface area contributed by atoms with Crippen molar-refractivity contribution in [2.75, 3.05) is 0 Å². The molecular formula is C17H12FNO. The number of para-hydroxylation sites is 1. The molecule has 98 valence electrons. The molecule has 0 atom stereocenters. The Morgan fingerprint density at radius 2 is 1.85 bits per heavy atom. The molecule has 1 aromatic heterocycles. The van der Waals surface area contributed by atoms with Crippen molar-refractivity contribution in [3.8, 4) is 11.1 Å². The monoisotopic (exact) mass is 265 g/mol. The third-order valence-corrected chi connectivity index (χ3v) is 3.30. The molecule has 0 bridgehead atoms. The number of nitrogens with zero attached hydrogens (tertiary/aromatic N) is 1. The van der Waals surface area contributed by atoms with Crippen LogP contribution >= 0.6 is 0 Å². The Bertz CT molecular complexity index is 806. The average molecular weight is 265 g/mol. The van der Waals surface area contributed by atoms with E-state index in [1.165, 1.54) is 19.1 Å². The van der Waals surface area contributed by atoms with Gasteiger partial charge in [-0.2, -0.15) is 0 Å². The van der Waals surface area contributed by atoms with Gasteiger partial charge in [0.05, 0.1) is 5.52 Å². The first-order chi connectivity index (χ1) is 9.66. The first-order valence-corrected chi connectivity index (χ1v) is 6.31. The quantitative estimate of drug-likeness (QED) is 0.648. The lowest BCUT2D eigenvalue weighted by atomic mass is 9.98. The van der Waals surface area contributed by atoms with E-state index in [0.29, 0.717) is 16.7 Å². The molecule has 0 aliphatic rings. The summed E-state index contributed by atoms with van der Waals surface area (Å²) >= 11 is 0. The number of benzene rings is 2. The van der Waals surface area contributed by atoms with Crippen molar-refractivity contribution in [2.45, 2.75) is 6.92 Å². The zero-order valence-electron chi connectivity index (χ0n) is 10.9. The standard InChI is InChI=1S/C17H12FNO/c1-11(20)13-7-8-16(18)15(10-13)14-6-2-4-12-5-3-9-19-17(12)14/h2-10H,1H3. The van der Waals surface area contributed by atoms with E-state index in [0.717, 1.165) is 10.9 Å². The molecule has 0 spiro atoms. The second-order valence-electron chi connectivity index (χ2n) is 4.63. The minimum atomic E-state index is -0.354. The highest BCUT2D eigenvalue weighted by Gasteiger charge is 2.11. The van der Waals surface area contributed by atoms with Crippen molar-refractivity contribution in [3.05, 3.63) is 66.1 Å². The Morgan fingerprint density at radius 3 is 2.65 bits per heavy atom. The van der Waals surface area contributed by atoms with Gasteiger partial charge in [-0.3, -0.25) is 9.78 Å². The van der Waals surface area contributed by atoms with Crippen LogP contribution < -0.4 is 0 Å². The van der Waals surface area contributed by atoms with Crippen LogP contribution in [0.2, 0.25) is 0 Å². The van der Waals surface area contributed by atoms with Crippen LogP contribution in [0.3, 0.4) is 0 Å². The number of Topliss-reactive ketones (excluding diaryl/α,β-unsaturated/α-hetero) is 1. The topological polar surface area (TPSA) is 30.0 Å². The summed E-state index contributed by atoms with van der Waals surface area (Å²) in [5.41, 5.74) is 2.33. The zero-order valence-corrected chi connectivity index (χ0v) is 10.9. The summed E-state index contributed by atoms with van der Waals surface area (Å²) in [6.45, 7) is 1.47. The minimum Gasteiger partial charge on any atom is -0.295 e. The van der Waals surface area contributed by atoms with Crippen LogP contribution in [-0.2, 0) is 0 Å². The molecular weight excluding hydrogens is 253 g/mol. The van der Waals surface area contributed by atoms with Crippen molar-refractivity contribution < 1.29 is 9.18 Å². The zero-order chi connectivity index (χ0) is 14.1. The smallest absolute Gasteiger partial charge is 0.159 e. The predicted octanol–water partition coefficient (Wildman–Crippen LogP) is 4.24. The van der Waals surface area contributed by atoms with Crippen molar-refractivity contribution in [1.29, 1.82) is 0 Å². The first-order valence-electron chi connectivity index (χ1n) is 6.31. The second kappa shape index (κ2) is 4.85. The number of aromatic nitrogens is 1. The maximum Gasteiger partial charge on any atom is 0.159 e. The van der Waals surface area contributed by atoms with Gasteiger partial charge < -0.3 is 0 Å². The van der Waals surface area contributed by atoms with Crippen LogP contribution in [0.4, 0.5) is 4.39 Å². The predicted molar refractivity (Wildman–Crippen MR) is 77.1 cm³/mol. The van der Waals surface area contributed by atoms with E-state index in [1.807, 2.05) is 30.3 Å². The fraction of sp³-hybridized carbons (Fsp3) is 0.0588. The van der Waals surface area contributed by atoms with Crippen molar-refractivity contribution >= 4 is 16.7 Å². The van der Waals surface area contributed by atoms with Gasteiger partial charge in [0.25, 0.3) is 0 Å². The van der Waals surface area contributed by atoms with E-state index in [-0.39, 0.29) is 11.6 Å². The molecule has 0 radical (unpaired) electrons. The van der Waals surface area contributed by atoms with Crippen LogP contribution in [0.15, 0.2) is 54.7 Å². The molecule has 0 fully saturated rings. The summed E-state index contributed by atoms with van der Waals surface area (Å²) < 4.78 is 14.1. The highest BCUT2D eigenvalue weighted by atomic mass is 19.1. The van der Waals surface area contributed by atoms with Gasteiger partial charge in [-0.1, -0.05) is 24.3 Å². The fourth-order valence-electron chi connectivity index (χ4n) is 2.27. The Balaban J connectivity index is 2.30. The molecule has 0 aliphatic heterocycles. The van der Waals surface area contributed by atoms with Gasteiger partial charge in [0.2, 0.25) is 0 Å². The van der Waals surface area contributed by atoms with Gasteiger partial charge in [-0.25, -0.2) is 4.39 Å². The second-order valence-corrected chi connectivity index (χ2v) is 4.63. The number of carbonyl (C=O) groups is 1. The molecule has 1 heterocycles. The number of pyridine rings is 1. The lowest BCUT2D eigenvalue weighted by Gasteiger charge is -2.08. The Morgan fingerprint density at radius 1 is 1.05 bits per heavy atom. The number of halogens is 1. The summed E-state index contributed by atoms with van der Waals surface area (Å²) in [5, 5.41) is 0.942. The van der Waals surface area contributed by atoms with Gasteiger partial charge in [0.1, 0.15) is 5.82 Å². The van der Waals surface area contributed by atoms with Crippen LogP contribution in [-0.4, -0.2) is 10.8 Å². The van der Waals surface area contributed by atoms with E-state index in [9.17, 15) is 9.18 Å². The van der Waals surface area contributed by atoms with Gasteiger partial charge >= 0.3 is 0 Å². The van der Waals surface area contributed by atoms with Crippen LogP contribution in [0.1, 0.15) is 17.3 Å². The summed E-state index contributed by atoms with van der Waals surface area (Å²) in [7, 11) is 0. The molecule has 0 unspecified atom stereocenters. The van der Waals surface area contributed by atoms with E-state index in [4.69, 9.17) is 0 Å². The highest BCUT2D eigenvalue weighted by molar-refractivity contribution is 5.98. The number of rotatable bonds is 2. The van der Waals surface area contributed by atoms with Crippen LogP contribution in [0, 0.1) is 5.82 Å². The van der Waals surface area contributed by atoms with Crippen molar-refractivity contribution in [3.63, 3.8) is 0 Å². The van der Waals surface area contributed by atoms with Crippen molar-refractivity contribution in [2.24, 2.45) is 0 Å². The minimum absolute atomic E-state index is 0.0838. The van der Waals surface area contributed by atoms with Gasteiger partial charge in [0, 0.05) is 28.3 Å². The largest absolute Gasteiger partial charge is 0.295 e. The summed E-state index contributed by atoms with van der Waals surface area (Å²) in [5.74, 6) is -0.437. The maximum atomic E-state index is 14.1. The number of hydrogen-bond donors (Lipinski definition) is 0.